The van der Waals surface area contributed by atoms with E-state index in [0.29, 0.717) is 24.4 Å². The number of carbonyl (C=O) groups excluding carboxylic acids is 2. The number of thiophene rings is 1. The molecule has 37 heavy (non-hydrogen) atoms. The van der Waals surface area contributed by atoms with Crippen LogP contribution in [0.3, 0.4) is 0 Å². The van der Waals surface area contributed by atoms with Crippen molar-refractivity contribution in [3.8, 4) is 0 Å². The van der Waals surface area contributed by atoms with E-state index in [2.05, 4.69) is 16.5 Å². The van der Waals surface area contributed by atoms with Crippen LogP contribution in [-0.2, 0) is 19.6 Å². The van der Waals surface area contributed by atoms with Gasteiger partial charge in [-0.15, -0.1) is 11.3 Å². The third kappa shape index (κ3) is 6.14. The highest BCUT2D eigenvalue weighted by Crippen LogP contribution is 2.31. The standard InChI is InChI=1S/C26H35ClN4O4S2/c1-18-8-12-29(13-9-18)16-21-4-2-11-31(21)24(32)17-30-10-3-5-22(26(30)33)28-37(34,35)25-15-19-14-20(27)6-7-23(19)36-25/h6-7,14-15,18,21-22,28H,2-5,8-13,16-17H2,1H3/t21-,22-/m0/s1. The van der Waals surface area contributed by atoms with Crippen molar-refractivity contribution in [3.63, 3.8) is 0 Å². The SMILES string of the molecule is CC1CCN(C[C@@H]2CCCN2C(=O)CN2CCC[C@H](NS(=O)(=O)c3cc4cc(Cl)ccc4s3)C2=O)CC1. The lowest BCUT2D eigenvalue weighted by Crippen LogP contribution is -2.55. The van der Waals surface area contributed by atoms with Crippen LogP contribution in [0.5, 0.6) is 0 Å². The predicted octanol–water partition coefficient (Wildman–Crippen LogP) is 3.55. The predicted molar refractivity (Wildman–Crippen MR) is 146 cm³/mol. The fraction of sp³-hybridized carbons (Fsp3) is 0.615. The summed E-state index contributed by atoms with van der Waals surface area (Å²) in [5.41, 5.74) is 0. The van der Waals surface area contributed by atoms with Crippen molar-refractivity contribution in [1.29, 1.82) is 0 Å². The van der Waals surface area contributed by atoms with Crippen LogP contribution in [0.1, 0.15) is 45.4 Å². The van der Waals surface area contributed by atoms with E-state index in [1.807, 2.05) is 4.90 Å². The fourth-order valence-corrected chi connectivity index (χ4v) is 8.52. The molecule has 4 heterocycles. The van der Waals surface area contributed by atoms with Crippen molar-refractivity contribution < 1.29 is 18.0 Å². The number of fused-ring (bicyclic) bond motifs is 1. The lowest BCUT2D eigenvalue weighted by Gasteiger charge is -2.36. The Labute approximate surface area is 228 Å². The number of likely N-dealkylation sites (tertiary alicyclic amines) is 3. The topological polar surface area (TPSA) is 90.0 Å². The molecule has 0 radical (unpaired) electrons. The van der Waals surface area contributed by atoms with Crippen molar-refractivity contribution in [2.45, 2.75) is 61.7 Å². The van der Waals surface area contributed by atoms with Gasteiger partial charge in [0.25, 0.3) is 10.0 Å². The number of hydrogen-bond donors (Lipinski definition) is 1. The van der Waals surface area contributed by atoms with Crippen LogP contribution in [0, 0.1) is 5.92 Å². The average molecular weight is 567 g/mol. The van der Waals surface area contributed by atoms with Crippen LogP contribution in [0.4, 0.5) is 0 Å². The van der Waals surface area contributed by atoms with Gasteiger partial charge in [-0.05, 0) is 87.2 Å². The maximum absolute atomic E-state index is 13.3. The summed E-state index contributed by atoms with van der Waals surface area (Å²) >= 11 is 7.19. The fourth-order valence-electron chi connectivity index (χ4n) is 5.72. The zero-order valence-electron chi connectivity index (χ0n) is 21.2. The van der Waals surface area contributed by atoms with E-state index in [1.54, 1.807) is 24.3 Å². The van der Waals surface area contributed by atoms with Gasteiger partial charge < -0.3 is 14.7 Å². The molecule has 1 aromatic carbocycles. The number of nitrogens with zero attached hydrogens (tertiary/aromatic N) is 3. The Bertz CT molecular complexity index is 1260. The monoisotopic (exact) mass is 566 g/mol. The molecule has 3 aliphatic rings. The van der Waals surface area contributed by atoms with Gasteiger partial charge in [-0.2, -0.15) is 4.72 Å². The maximum atomic E-state index is 13.3. The Morgan fingerprint density at radius 2 is 1.84 bits per heavy atom. The normalized spacial score (nSPS) is 24.3. The molecule has 3 aliphatic heterocycles. The van der Waals surface area contributed by atoms with Crippen LogP contribution in [-0.4, -0.2) is 86.3 Å². The van der Waals surface area contributed by atoms with Crippen molar-refractivity contribution in [2.75, 3.05) is 39.3 Å². The molecule has 0 spiro atoms. The van der Waals surface area contributed by atoms with Gasteiger partial charge in [-0.25, -0.2) is 8.42 Å². The van der Waals surface area contributed by atoms with Crippen LogP contribution in [0.25, 0.3) is 10.1 Å². The first-order valence-electron chi connectivity index (χ1n) is 13.2. The molecule has 0 saturated carbocycles. The van der Waals surface area contributed by atoms with Crippen LogP contribution in [0.15, 0.2) is 28.5 Å². The third-order valence-corrected chi connectivity index (χ3v) is 11.2. The molecule has 0 aliphatic carbocycles. The summed E-state index contributed by atoms with van der Waals surface area (Å²) in [6, 6.07) is 6.14. The zero-order valence-corrected chi connectivity index (χ0v) is 23.6. The molecule has 1 aromatic heterocycles. The second-order valence-corrected chi connectivity index (χ2v) is 14.2. The summed E-state index contributed by atoms with van der Waals surface area (Å²) in [6.07, 6.45) is 5.44. The Kier molecular flexibility index (Phi) is 8.12. The number of nitrogens with one attached hydrogen (secondary N) is 1. The number of sulfonamides is 1. The Balaban J connectivity index is 1.20. The molecule has 2 amide bonds. The second kappa shape index (κ2) is 11.2. The number of amides is 2. The van der Waals surface area contributed by atoms with Gasteiger partial charge in [-0.3, -0.25) is 9.59 Å². The number of halogens is 1. The van der Waals surface area contributed by atoms with E-state index in [-0.39, 0.29) is 28.6 Å². The average Bonchev–Trinajstić information content (AvgIpc) is 3.50. The molecule has 8 nitrogen and oxygen atoms in total. The molecular formula is C26H35ClN4O4S2. The van der Waals surface area contributed by atoms with Gasteiger partial charge in [0.05, 0.1) is 6.54 Å². The highest BCUT2D eigenvalue weighted by molar-refractivity contribution is 7.91. The quantitative estimate of drug-likeness (QED) is 0.553. The van der Waals surface area contributed by atoms with Crippen LogP contribution < -0.4 is 4.72 Å². The van der Waals surface area contributed by atoms with Gasteiger partial charge in [0, 0.05) is 35.4 Å². The summed E-state index contributed by atoms with van der Waals surface area (Å²) in [7, 11) is -3.89. The molecule has 0 unspecified atom stereocenters. The van der Waals surface area contributed by atoms with Gasteiger partial charge in [0.2, 0.25) is 11.8 Å². The zero-order chi connectivity index (χ0) is 26.2. The Morgan fingerprint density at radius 3 is 2.62 bits per heavy atom. The Hall–Kier alpha value is -1.72. The minimum absolute atomic E-state index is 0.00593. The summed E-state index contributed by atoms with van der Waals surface area (Å²) in [6.45, 7) is 6.55. The number of hydrogen-bond acceptors (Lipinski definition) is 6. The van der Waals surface area contributed by atoms with Crippen LogP contribution in [0.2, 0.25) is 5.02 Å². The molecular weight excluding hydrogens is 532 g/mol. The highest BCUT2D eigenvalue weighted by Gasteiger charge is 2.37. The highest BCUT2D eigenvalue weighted by atomic mass is 35.5. The first-order valence-corrected chi connectivity index (χ1v) is 15.9. The summed E-state index contributed by atoms with van der Waals surface area (Å²) in [5.74, 6) is 0.407. The van der Waals surface area contributed by atoms with Crippen molar-refractivity contribution in [3.05, 3.63) is 29.3 Å². The maximum Gasteiger partial charge on any atom is 0.250 e. The van der Waals surface area contributed by atoms with E-state index in [4.69, 9.17) is 11.6 Å². The van der Waals surface area contributed by atoms with Crippen molar-refractivity contribution in [2.24, 2.45) is 5.92 Å². The molecule has 5 rings (SSSR count). The Morgan fingerprint density at radius 1 is 1.08 bits per heavy atom. The third-order valence-electron chi connectivity index (χ3n) is 7.92. The van der Waals surface area contributed by atoms with Crippen LogP contribution >= 0.6 is 22.9 Å². The van der Waals surface area contributed by atoms with E-state index in [9.17, 15) is 18.0 Å². The number of rotatable bonds is 7. The molecule has 2 aromatic rings. The number of carbonyl (C=O) groups is 2. The van der Waals surface area contributed by atoms with Crippen molar-refractivity contribution >= 4 is 54.9 Å². The molecule has 3 saturated heterocycles. The number of piperidine rings is 2. The molecule has 2 atom stereocenters. The summed E-state index contributed by atoms with van der Waals surface area (Å²) in [5, 5.41) is 1.29. The summed E-state index contributed by atoms with van der Waals surface area (Å²) < 4.78 is 29.8. The van der Waals surface area contributed by atoms with Gasteiger partial charge in [0.1, 0.15) is 10.3 Å². The van der Waals surface area contributed by atoms with Gasteiger partial charge in [0.15, 0.2) is 0 Å². The summed E-state index contributed by atoms with van der Waals surface area (Å²) in [4.78, 5) is 32.4. The van der Waals surface area contributed by atoms with E-state index < -0.39 is 16.1 Å². The molecule has 0 bridgehead atoms. The second-order valence-electron chi connectivity index (χ2n) is 10.7. The van der Waals surface area contributed by atoms with E-state index in [0.717, 1.165) is 66.4 Å². The van der Waals surface area contributed by atoms with Gasteiger partial charge >= 0.3 is 0 Å². The molecule has 3 fully saturated rings. The number of benzene rings is 1. The van der Waals surface area contributed by atoms with E-state index in [1.165, 1.54) is 17.7 Å². The van der Waals surface area contributed by atoms with Gasteiger partial charge in [-0.1, -0.05) is 18.5 Å². The van der Waals surface area contributed by atoms with E-state index >= 15 is 0 Å². The lowest BCUT2D eigenvalue weighted by molar-refractivity contribution is -0.143. The lowest BCUT2D eigenvalue weighted by atomic mass is 9.98. The first-order chi connectivity index (χ1) is 17.7. The molecule has 11 heteroatoms. The minimum Gasteiger partial charge on any atom is -0.337 e. The molecule has 1 N–H and O–H groups in total. The molecule has 202 valence electrons. The van der Waals surface area contributed by atoms with Crippen molar-refractivity contribution in [1.82, 2.24) is 19.4 Å². The smallest absolute Gasteiger partial charge is 0.250 e. The minimum atomic E-state index is -3.89. The largest absolute Gasteiger partial charge is 0.337 e. The first kappa shape index (κ1) is 26.9.